The van der Waals surface area contributed by atoms with Crippen LogP contribution < -0.4 is 15.5 Å². The zero-order chi connectivity index (χ0) is 30.7. The molecule has 0 saturated heterocycles. The van der Waals surface area contributed by atoms with Crippen LogP contribution in [-0.4, -0.2) is 35.4 Å². The summed E-state index contributed by atoms with van der Waals surface area (Å²) in [5, 5.41) is 17.9. The van der Waals surface area contributed by atoms with E-state index in [-0.39, 0.29) is 22.9 Å². The molecule has 0 aliphatic carbocycles. The van der Waals surface area contributed by atoms with Gasteiger partial charge in [0, 0.05) is 30.4 Å². The van der Waals surface area contributed by atoms with Crippen LogP contribution in [0.3, 0.4) is 0 Å². The number of aromatic hydroxyl groups is 1. The van der Waals surface area contributed by atoms with Crippen molar-refractivity contribution < 1.29 is 24.5 Å². The van der Waals surface area contributed by atoms with Crippen LogP contribution in [0.4, 0.5) is 10.2 Å². The van der Waals surface area contributed by atoms with Crippen molar-refractivity contribution in [1.82, 2.24) is 10.3 Å². The summed E-state index contributed by atoms with van der Waals surface area (Å²) in [6.45, 7) is 7.37. The minimum atomic E-state index is -0.313. The monoisotopic (exact) mass is 583 g/mol. The Balaban J connectivity index is 1.19. The number of hydrogen-bond acceptors (Lipinski definition) is 5. The number of ether oxygens (including phenoxy) is 1. The second kappa shape index (κ2) is 15.1. The molecule has 224 valence electrons. The van der Waals surface area contributed by atoms with Crippen molar-refractivity contribution in [2.45, 2.75) is 46.5 Å². The third kappa shape index (κ3) is 9.48. The second-order valence-corrected chi connectivity index (χ2v) is 11.3. The Morgan fingerprint density at radius 2 is 1.84 bits per heavy atom. The van der Waals surface area contributed by atoms with E-state index in [0.717, 1.165) is 42.4 Å². The normalized spacial score (nSPS) is 11.5. The van der Waals surface area contributed by atoms with Crippen molar-refractivity contribution in [3.8, 4) is 22.6 Å². The summed E-state index contributed by atoms with van der Waals surface area (Å²) >= 11 is 0. The third-order valence-electron chi connectivity index (χ3n) is 7.23. The highest BCUT2D eigenvalue weighted by atomic mass is 19.1. The molecular formula is C35H40FN4O3+. The zero-order valence-electron chi connectivity index (χ0n) is 25.0. The van der Waals surface area contributed by atoms with Crippen LogP contribution in [0, 0.1) is 11.2 Å². The average molecular weight is 584 g/mol. The lowest BCUT2D eigenvalue weighted by Gasteiger charge is -2.25. The van der Waals surface area contributed by atoms with Crippen LogP contribution >= 0.6 is 0 Å². The molecule has 1 heterocycles. The number of pyridine rings is 1. The van der Waals surface area contributed by atoms with E-state index in [1.165, 1.54) is 12.1 Å². The van der Waals surface area contributed by atoms with Crippen molar-refractivity contribution >= 4 is 17.9 Å². The number of halogens is 1. The van der Waals surface area contributed by atoms with Crippen LogP contribution in [0.15, 0.2) is 90.2 Å². The van der Waals surface area contributed by atoms with Gasteiger partial charge in [-0.15, -0.1) is 0 Å². The van der Waals surface area contributed by atoms with E-state index >= 15 is 0 Å². The van der Waals surface area contributed by atoms with E-state index in [1.54, 1.807) is 48.2 Å². The number of amides is 1. The maximum Gasteiger partial charge on any atom is 0.252 e. The molecule has 3 aromatic carbocycles. The molecule has 4 aromatic rings. The number of unbranched alkanes of at least 4 members (excludes halogenated alkanes) is 1. The van der Waals surface area contributed by atoms with Gasteiger partial charge in [-0.2, -0.15) is 5.43 Å². The maximum atomic E-state index is 13.3. The lowest BCUT2D eigenvalue weighted by Crippen LogP contribution is -2.71. The number of nitrogens with one attached hydrogen (secondary N) is 1. The Labute approximate surface area is 252 Å². The second-order valence-electron chi connectivity index (χ2n) is 11.3. The van der Waals surface area contributed by atoms with E-state index in [0.29, 0.717) is 35.8 Å². The first-order valence-electron chi connectivity index (χ1n) is 14.6. The van der Waals surface area contributed by atoms with Gasteiger partial charge in [-0.05, 0) is 72.1 Å². The summed E-state index contributed by atoms with van der Waals surface area (Å²) in [5.74, 6) is 0.982. The third-order valence-corrected chi connectivity index (χ3v) is 7.23. The fraction of sp³-hybridized carbons (Fsp3) is 0.286. The largest absolute Gasteiger partial charge is 0.507 e. The molecule has 0 saturated carbocycles. The van der Waals surface area contributed by atoms with E-state index in [4.69, 9.17) is 4.74 Å². The molecule has 4 rings (SSSR count). The van der Waals surface area contributed by atoms with E-state index in [9.17, 15) is 14.3 Å². The lowest BCUT2D eigenvalue weighted by molar-refractivity contribution is -0.580. The van der Waals surface area contributed by atoms with E-state index in [1.807, 2.05) is 43.3 Å². The Hall–Kier alpha value is -4.56. The highest BCUT2D eigenvalue weighted by Gasteiger charge is 2.19. The Morgan fingerprint density at radius 1 is 1.07 bits per heavy atom. The minimum absolute atomic E-state index is 0.0907. The molecule has 0 aliphatic rings. The summed E-state index contributed by atoms with van der Waals surface area (Å²) in [5.41, 5.74) is 5.49. The van der Waals surface area contributed by atoms with Crippen molar-refractivity contribution in [2.24, 2.45) is 10.5 Å². The van der Waals surface area contributed by atoms with Gasteiger partial charge in [-0.1, -0.05) is 68.3 Å². The van der Waals surface area contributed by atoms with E-state index < -0.39 is 0 Å². The van der Waals surface area contributed by atoms with Crippen molar-refractivity contribution in [2.75, 3.05) is 13.2 Å². The Kier molecular flexibility index (Phi) is 11.0. The standard InChI is InChI=1S/C35H39FN4O3/c1-4-26-20-30(27-12-15-29(36)16-13-27)31(41)21-32(26)43-19-9-8-18-35(2,3)24-38-34(42)28-14-17-33(37-23-28)40-39-22-25-10-6-5-7-11-25/h5-7,10-17,20-23,41H,4,8-9,18-19,24H2,1-3H3,(H,37,40)(H,38,42)/p+1/b39-22+. The van der Waals surface area contributed by atoms with Crippen molar-refractivity contribution in [1.29, 1.82) is 0 Å². The number of carbonyl (C=O) groups is 1. The number of aromatic nitrogens is 1. The number of hydrogen-bond donors (Lipinski definition) is 3. The fourth-order valence-electron chi connectivity index (χ4n) is 4.64. The van der Waals surface area contributed by atoms with Gasteiger partial charge in [0.1, 0.15) is 17.3 Å². The number of nitrogens with two attached hydrogens (primary N) is 1. The molecule has 0 spiro atoms. The number of carbonyl (C=O) groups excluding carboxylic acids is 1. The maximum absolute atomic E-state index is 13.3. The van der Waals surface area contributed by atoms with Gasteiger partial charge in [0.2, 0.25) is 0 Å². The van der Waals surface area contributed by atoms with Crippen molar-refractivity contribution in [3.63, 3.8) is 0 Å². The predicted octanol–water partition coefficient (Wildman–Crippen LogP) is 6.39. The molecule has 0 radical (unpaired) electrons. The van der Waals surface area contributed by atoms with Gasteiger partial charge in [-0.3, -0.25) is 4.79 Å². The minimum Gasteiger partial charge on any atom is -0.507 e. The first-order valence-corrected chi connectivity index (χ1v) is 14.6. The van der Waals surface area contributed by atoms with Gasteiger partial charge in [-0.25, -0.2) is 9.37 Å². The number of phenolic OH excluding ortho intramolecular Hbond substituents is 1. The summed E-state index contributed by atoms with van der Waals surface area (Å²) in [6, 6.07) is 23.0. The topological polar surface area (TPSA) is 100 Å². The van der Waals surface area contributed by atoms with Gasteiger partial charge in [0.25, 0.3) is 11.7 Å². The summed E-state index contributed by atoms with van der Waals surface area (Å²) in [6.07, 6.45) is 6.76. The number of quaternary nitrogens is 1. The van der Waals surface area contributed by atoms with Crippen LogP contribution in [0.25, 0.3) is 11.1 Å². The zero-order valence-corrected chi connectivity index (χ0v) is 25.0. The van der Waals surface area contributed by atoms with Crippen LogP contribution in [0.1, 0.15) is 61.5 Å². The van der Waals surface area contributed by atoms with Gasteiger partial charge in [0.05, 0.1) is 18.4 Å². The molecule has 4 N–H and O–H groups in total. The highest BCUT2D eigenvalue weighted by Crippen LogP contribution is 2.36. The number of benzene rings is 3. The Morgan fingerprint density at radius 3 is 2.53 bits per heavy atom. The summed E-state index contributed by atoms with van der Waals surface area (Å²) < 4.78 is 19.4. The molecule has 0 bridgehead atoms. The van der Waals surface area contributed by atoms with E-state index in [2.05, 4.69) is 29.2 Å². The molecule has 43 heavy (non-hydrogen) atoms. The van der Waals surface area contributed by atoms with Crippen LogP contribution in [0.2, 0.25) is 0 Å². The average Bonchev–Trinajstić information content (AvgIpc) is 3.01. The highest BCUT2D eigenvalue weighted by molar-refractivity contribution is 5.94. The fourth-order valence-corrected chi connectivity index (χ4v) is 4.64. The predicted molar refractivity (Wildman–Crippen MR) is 168 cm³/mol. The molecule has 0 atom stereocenters. The van der Waals surface area contributed by atoms with Gasteiger partial charge < -0.3 is 15.2 Å². The first kappa shape index (κ1) is 31.4. The summed E-state index contributed by atoms with van der Waals surface area (Å²) in [7, 11) is 0. The molecule has 8 heteroatoms. The molecule has 7 nitrogen and oxygen atoms in total. The molecule has 0 unspecified atom stereocenters. The number of nitrogens with zero attached hydrogens (tertiary/aromatic N) is 2. The molecule has 0 fully saturated rings. The first-order chi connectivity index (χ1) is 20.7. The van der Waals surface area contributed by atoms with Crippen molar-refractivity contribution in [3.05, 3.63) is 108 Å². The van der Waals surface area contributed by atoms with Gasteiger partial charge in [0.15, 0.2) is 0 Å². The smallest absolute Gasteiger partial charge is 0.252 e. The number of phenols is 1. The van der Waals surface area contributed by atoms with Gasteiger partial charge >= 0.3 is 0 Å². The quantitative estimate of drug-likeness (QED) is 0.0693. The van der Waals surface area contributed by atoms with Crippen LogP contribution in [-0.2, 0) is 6.42 Å². The Bertz CT molecular complexity index is 1510. The van der Waals surface area contributed by atoms with Crippen LogP contribution in [0.5, 0.6) is 11.5 Å². The number of aryl methyl sites for hydroxylation is 1. The number of rotatable bonds is 14. The molecule has 1 amide bonds. The molecular weight excluding hydrogens is 543 g/mol. The molecule has 1 aromatic heterocycles. The SMILES string of the molecule is CCc1cc(-c2ccc(F)cc2)c(O)cc1OCCCCC(C)(C)CNC(=O)c1ccc([NH2+]/N=C/c2ccccc2)nc1. The molecule has 0 aliphatic heterocycles. The lowest BCUT2D eigenvalue weighted by atomic mass is 9.87. The summed E-state index contributed by atoms with van der Waals surface area (Å²) in [4.78, 5) is 17.0.